The second kappa shape index (κ2) is 16.1. The Balaban J connectivity index is 1.73. The number of rotatable bonds is 14. The van der Waals surface area contributed by atoms with E-state index >= 15 is 0 Å². The lowest BCUT2D eigenvalue weighted by Crippen LogP contribution is -2.55. The van der Waals surface area contributed by atoms with Crippen molar-refractivity contribution in [3.63, 3.8) is 0 Å². The maximum absolute atomic E-state index is 13.4. The highest BCUT2D eigenvalue weighted by atomic mass is 16.5. The second-order valence-electron chi connectivity index (χ2n) is 11.3. The van der Waals surface area contributed by atoms with Crippen LogP contribution in [0.1, 0.15) is 48.7 Å². The summed E-state index contributed by atoms with van der Waals surface area (Å²) in [5.74, 6) is -1.64. The van der Waals surface area contributed by atoms with Crippen LogP contribution in [0, 0.1) is 0 Å². The van der Waals surface area contributed by atoms with Gasteiger partial charge in [-0.1, -0.05) is 72.8 Å². The molecule has 0 aromatic heterocycles. The van der Waals surface area contributed by atoms with E-state index in [1.165, 1.54) is 0 Å². The van der Waals surface area contributed by atoms with Gasteiger partial charge >= 0.3 is 6.09 Å². The van der Waals surface area contributed by atoms with Gasteiger partial charge in [0.25, 0.3) is 5.91 Å². The molecule has 0 fully saturated rings. The first-order valence-electron chi connectivity index (χ1n) is 14.2. The van der Waals surface area contributed by atoms with Gasteiger partial charge in [0.05, 0.1) is 18.0 Å². The third-order valence-corrected chi connectivity index (χ3v) is 6.35. The first kappa shape index (κ1) is 33.6. The first-order chi connectivity index (χ1) is 20.9. The van der Waals surface area contributed by atoms with Gasteiger partial charge in [-0.05, 0) is 50.5 Å². The minimum atomic E-state index is -1.36. The Labute approximate surface area is 257 Å². The molecule has 0 aliphatic rings. The van der Waals surface area contributed by atoms with E-state index in [9.17, 15) is 24.3 Å². The molecule has 0 heterocycles. The number of para-hydroxylation sites is 1. The summed E-state index contributed by atoms with van der Waals surface area (Å²) in [7, 11) is 0. The van der Waals surface area contributed by atoms with Crippen molar-refractivity contribution >= 4 is 23.8 Å². The summed E-state index contributed by atoms with van der Waals surface area (Å²) in [6.07, 6.45) is -2.46. The molecule has 0 unspecified atom stereocenters. The molecule has 0 bridgehead atoms. The lowest BCUT2D eigenvalue weighted by molar-refractivity contribution is -0.128. The SMILES string of the molecule is CC(C)(C)NC(=O)c1ccccc1OC[C@@H](O)[C@H](Cc1ccccc1)NC(=O)[C@H](CC(N)=O)NC(=O)OCc1ccccc1. The summed E-state index contributed by atoms with van der Waals surface area (Å²) in [6.45, 7) is 5.26. The minimum absolute atomic E-state index is 0.0421. The van der Waals surface area contributed by atoms with Gasteiger partial charge in [-0.15, -0.1) is 0 Å². The number of aliphatic hydroxyl groups is 1. The molecule has 0 radical (unpaired) electrons. The number of hydrogen-bond acceptors (Lipinski definition) is 7. The van der Waals surface area contributed by atoms with Crippen LogP contribution in [0.3, 0.4) is 0 Å². The average Bonchev–Trinajstić information content (AvgIpc) is 2.98. The van der Waals surface area contributed by atoms with Crippen LogP contribution in [-0.2, 0) is 27.4 Å². The molecule has 4 amide bonds. The molecule has 0 saturated carbocycles. The Morgan fingerprint density at radius 3 is 2.05 bits per heavy atom. The van der Waals surface area contributed by atoms with E-state index in [1.807, 2.05) is 57.2 Å². The second-order valence-corrected chi connectivity index (χ2v) is 11.3. The van der Waals surface area contributed by atoms with E-state index in [4.69, 9.17) is 15.2 Å². The number of primary amides is 1. The molecule has 0 spiro atoms. The van der Waals surface area contributed by atoms with Crippen LogP contribution in [0.15, 0.2) is 84.9 Å². The van der Waals surface area contributed by atoms with Gasteiger partial charge in [-0.25, -0.2) is 4.79 Å². The van der Waals surface area contributed by atoms with Crippen molar-refractivity contribution in [2.75, 3.05) is 6.61 Å². The molecule has 234 valence electrons. The number of hydrogen-bond donors (Lipinski definition) is 5. The van der Waals surface area contributed by atoms with Gasteiger partial charge in [-0.3, -0.25) is 14.4 Å². The molecular weight excluding hydrogens is 564 g/mol. The lowest BCUT2D eigenvalue weighted by atomic mass is 10.0. The molecule has 44 heavy (non-hydrogen) atoms. The van der Waals surface area contributed by atoms with Crippen LogP contribution >= 0.6 is 0 Å². The summed E-state index contributed by atoms with van der Waals surface area (Å²) < 4.78 is 11.1. The number of nitrogens with one attached hydrogen (secondary N) is 3. The number of nitrogens with two attached hydrogens (primary N) is 1. The van der Waals surface area contributed by atoms with Crippen LogP contribution in [0.5, 0.6) is 5.75 Å². The molecule has 0 aliphatic heterocycles. The fraction of sp³-hybridized carbons (Fsp3) is 0.333. The predicted molar refractivity (Wildman–Crippen MR) is 165 cm³/mol. The standard InChI is InChI=1S/C33H40N4O7/c1-33(2,3)37-30(40)24-16-10-11-17-28(24)43-21-27(38)25(18-22-12-6-4-7-13-22)35-31(41)26(19-29(34)39)36-32(42)44-20-23-14-8-5-9-15-23/h4-17,25-27,38H,18-21H2,1-3H3,(H2,34,39)(H,35,41)(H,36,42)(H,37,40)/t25-,26-,27+/m0/s1. The van der Waals surface area contributed by atoms with Crippen LogP contribution in [0.2, 0.25) is 0 Å². The molecule has 0 saturated heterocycles. The maximum atomic E-state index is 13.4. The molecule has 11 heteroatoms. The summed E-state index contributed by atoms with van der Waals surface area (Å²) in [5.41, 5.74) is 6.72. The monoisotopic (exact) mass is 604 g/mol. The van der Waals surface area contributed by atoms with Gasteiger partial charge in [0, 0.05) is 5.54 Å². The zero-order valence-corrected chi connectivity index (χ0v) is 25.1. The largest absolute Gasteiger partial charge is 0.490 e. The van der Waals surface area contributed by atoms with Crippen LogP contribution < -0.4 is 26.4 Å². The number of carbonyl (C=O) groups excluding carboxylic acids is 4. The average molecular weight is 605 g/mol. The Hall–Kier alpha value is -4.90. The Morgan fingerprint density at radius 1 is 0.841 bits per heavy atom. The van der Waals surface area contributed by atoms with Crippen molar-refractivity contribution in [1.29, 1.82) is 0 Å². The zero-order chi connectivity index (χ0) is 32.1. The fourth-order valence-electron chi connectivity index (χ4n) is 4.23. The molecule has 3 aromatic carbocycles. The molecule has 0 aliphatic carbocycles. The highest BCUT2D eigenvalue weighted by Gasteiger charge is 2.29. The molecule has 3 aromatic rings. The summed E-state index contributed by atoms with van der Waals surface area (Å²) >= 11 is 0. The number of benzene rings is 3. The van der Waals surface area contributed by atoms with E-state index < -0.39 is 48.1 Å². The highest BCUT2D eigenvalue weighted by molar-refractivity contribution is 5.97. The third kappa shape index (κ3) is 11.4. The lowest BCUT2D eigenvalue weighted by Gasteiger charge is -2.27. The quantitative estimate of drug-likeness (QED) is 0.188. The van der Waals surface area contributed by atoms with Crippen LogP contribution in [0.25, 0.3) is 0 Å². The molecular formula is C33H40N4O7. The van der Waals surface area contributed by atoms with Crippen molar-refractivity contribution in [2.24, 2.45) is 5.73 Å². The number of aliphatic hydroxyl groups excluding tert-OH is 1. The smallest absolute Gasteiger partial charge is 0.408 e. The number of ether oxygens (including phenoxy) is 2. The Morgan fingerprint density at radius 2 is 1.43 bits per heavy atom. The van der Waals surface area contributed by atoms with Crippen molar-refractivity contribution in [2.45, 2.75) is 63.9 Å². The van der Waals surface area contributed by atoms with Crippen molar-refractivity contribution in [1.82, 2.24) is 16.0 Å². The predicted octanol–water partition coefficient (Wildman–Crippen LogP) is 2.85. The molecule has 6 N–H and O–H groups in total. The number of alkyl carbamates (subject to hydrolysis) is 1. The van der Waals surface area contributed by atoms with Gasteiger partial charge in [0.1, 0.15) is 31.1 Å². The molecule has 11 nitrogen and oxygen atoms in total. The van der Waals surface area contributed by atoms with E-state index in [1.54, 1.807) is 48.5 Å². The summed E-state index contributed by atoms with van der Waals surface area (Å²) in [4.78, 5) is 50.4. The van der Waals surface area contributed by atoms with Crippen LogP contribution in [0.4, 0.5) is 4.79 Å². The molecule has 3 rings (SSSR count). The van der Waals surface area contributed by atoms with E-state index in [0.717, 1.165) is 11.1 Å². The zero-order valence-electron chi connectivity index (χ0n) is 25.1. The van der Waals surface area contributed by atoms with E-state index in [0.29, 0.717) is 0 Å². The number of carbonyl (C=O) groups is 4. The maximum Gasteiger partial charge on any atom is 0.408 e. The summed E-state index contributed by atoms with van der Waals surface area (Å²) in [5, 5.41) is 19.2. The van der Waals surface area contributed by atoms with E-state index in [2.05, 4.69) is 16.0 Å². The number of amides is 4. The summed E-state index contributed by atoms with van der Waals surface area (Å²) in [6, 6.07) is 22.5. The van der Waals surface area contributed by atoms with Gasteiger partial charge in [0.2, 0.25) is 11.8 Å². The normalized spacial score (nSPS) is 13.1. The van der Waals surface area contributed by atoms with Gasteiger partial charge in [0.15, 0.2) is 0 Å². The van der Waals surface area contributed by atoms with Crippen molar-refractivity contribution < 1.29 is 33.8 Å². The minimum Gasteiger partial charge on any atom is -0.490 e. The Bertz CT molecular complexity index is 1390. The first-order valence-corrected chi connectivity index (χ1v) is 14.2. The van der Waals surface area contributed by atoms with Crippen LogP contribution in [-0.4, -0.2) is 59.3 Å². The Kier molecular flexibility index (Phi) is 12.3. The molecule has 3 atom stereocenters. The topological polar surface area (TPSA) is 169 Å². The van der Waals surface area contributed by atoms with Crippen molar-refractivity contribution in [3.8, 4) is 5.75 Å². The van der Waals surface area contributed by atoms with E-state index in [-0.39, 0.29) is 36.9 Å². The van der Waals surface area contributed by atoms with Gasteiger partial charge in [-0.2, -0.15) is 0 Å². The van der Waals surface area contributed by atoms with Gasteiger partial charge < -0.3 is 36.3 Å². The fourth-order valence-corrected chi connectivity index (χ4v) is 4.23. The highest BCUT2D eigenvalue weighted by Crippen LogP contribution is 2.20. The third-order valence-electron chi connectivity index (χ3n) is 6.35. The van der Waals surface area contributed by atoms with Crippen molar-refractivity contribution in [3.05, 3.63) is 102 Å².